The third-order valence-electron chi connectivity index (χ3n) is 3.76. The van der Waals surface area contributed by atoms with Gasteiger partial charge in [-0.05, 0) is 53.0 Å². The molecular weight excluding hydrogens is 312 g/mol. The number of para-hydroxylation sites is 1. The van der Waals surface area contributed by atoms with Crippen molar-refractivity contribution in [2.24, 2.45) is 0 Å². The van der Waals surface area contributed by atoms with Crippen molar-refractivity contribution >= 4 is 32.5 Å². The summed E-state index contributed by atoms with van der Waals surface area (Å²) in [6, 6.07) is 16.6. The predicted octanol–water partition coefficient (Wildman–Crippen LogP) is 4.54. The summed E-state index contributed by atoms with van der Waals surface area (Å²) in [4.78, 5) is 0. The first-order valence-corrected chi connectivity index (χ1v) is 7.54. The van der Waals surface area contributed by atoms with E-state index >= 15 is 0 Å². The zero-order valence-corrected chi connectivity index (χ0v) is 13.0. The van der Waals surface area contributed by atoms with E-state index in [2.05, 4.69) is 63.8 Å². The van der Waals surface area contributed by atoms with Crippen LogP contribution in [0.3, 0.4) is 0 Å². The lowest BCUT2D eigenvalue weighted by Gasteiger charge is -2.08. The molecule has 0 aliphatic carbocycles. The van der Waals surface area contributed by atoms with Gasteiger partial charge in [-0.1, -0.05) is 30.3 Å². The summed E-state index contributed by atoms with van der Waals surface area (Å²) in [7, 11) is 0. The van der Waals surface area contributed by atoms with Crippen molar-refractivity contribution in [3.8, 4) is 0 Å². The van der Waals surface area contributed by atoms with Crippen LogP contribution in [-0.4, -0.2) is 4.57 Å². The van der Waals surface area contributed by atoms with Gasteiger partial charge < -0.3 is 10.3 Å². The van der Waals surface area contributed by atoms with Crippen molar-refractivity contribution in [1.82, 2.24) is 4.57 Å². The Morgan fingerprint density at radius 3 is 2.50 bits per heavy atom. The van der Waals surface area contributed by atoms with Crippen LogP contribution in [0.15, 0.2) is 53.0 Å². The summed E-state index contributed by atoms with van der Waals surface area (Å²) >= 11 is 3.70. The van der Waals surface area contributed by atoms with E-state index in [9.17, 15) is 0 Å². The second-order valence-corrected chi connectivity index (χ2v) is 5.85. The number of nitrogen functional groups attached to an aromatic ring is 1. The third kappa shape index (κ3) is 2.34. The first-order valence-electron chi connectivity index (χ1n) is 6.74. The molecule has 20 heavy (non-hydrogen) atoms. The summed E-state index contributed by atoms with van der Waals surface area (Å²) in [6.45, 7) is 3.13. The monoisotopic (exact) mass is 328 g/mol. The van der Waals surface area contributed by atoms with Crippen LogP contribution in [0.4, 0.5) is 5.69 Å². The lowest BCUT2D eigenvalue weighted by molar-refractivity contribution is 0.702. The van der Waals surface area contributed by atoms with E-state index in [1.165, 1.54) is 26.6 Å². The normalized spacial score (nSPS) is 11.1. The maximum Gasteiger partial charge on any atom is 0.0494 e. The molecule has 0 saturated heterocycles. The van der Waals surface area contributed by atoms with Gasteiger partial charge in [0.25, 0.3) is 0 Å². The second-order valence-electron chi connectivity index (χ2n) is 5.06. The van der Waals surface area contributed by atoms with E-state index in [1.807, 2.05) is 12.1 Å². The minimum Gasteiger partial charge on any atom is -0.399 e. The molecule has 0 aliphatic heterocycles. The van der Waals surface area contributed by atoms with Gasteiger partial charge in [-0.15, -0.1) is 0 Å². The van der Waals surface area contributed by atoms with Gasteiger partial charge in [-0.25, -0.2) is 0 Å². The topological polar surface area (TPSA) is 30.9 Å². The summed E-state index contributed by atoms with van der Waals surface area (Å²) in [5.74, 6) is 0. The first kappa shape index (κ1) is 13.3. The highest BCUT2D eigenvalue weighted by atomic mass is 79.9. The van der Waals surface area contributed by atoms with Crippen LogP contribution in [0, 0.1) is 6.92 Å². The van der Waals surface area contributed by atoms with Crippen LogP contribution in [0.5, 0.6) is 0 Å². The van der Waals surface area contributed by atoms with Gasteiger partial charge in [0.15, 0.2) is 0 Å². The van der Waals surface area contributed by atoms with Gasteiger partial charge in [0, 0.05) is 33.3 Å². The van der Waals surface area contributed by atoms with Gasteiger partial charge in [-0.3, -0.25) is 0 Å². The lowest BCUT2D eigenvalue weighted by Crippen LogP contribution is -2.03. The molecule has 1 heterocycles. The smallest absolute Gasteiger partial charge is 0.0494 e. The Balaban J connectivity index is 1.91. The Hall–Kier alpha value is -1.74. The van der Waals surface area contributed by atoms with Gasteiger partial charge in [0.05, 0.1) is 0 Å². The van der Waals surface area contributed by atoms with Crippen molar-refractivity contribution < 1.29 is 0 Å². The number of anilines is 1. The van der Waals surface area contributed by atoms with Crippen LogP contribution in [0.25, 0.3) is 10.9 Å². The van der Waals surface area contributed by atoms with Crippen molar-refractivity contribution in [1.29, 1.82) is 0 Å². The van der Waals surface area contributed by atoms with Crippen LogP contribution >= 0.6 is 15.9 Å². The number of hydrogen-bond acceptors (Lipinski definition) is 1. The fraction of sp³-hybridized carbons (Fsp3) is 0.176. The molecule has 0 aliphatic rings. The molecule has 2 nitrogen and oxygen atoms in total. The number of hydrogen-bond donors (Lipinski definition) is 1. The Labute approximate surface area is 127 Å². The zero-order valence-electron chi connectivity index (χ0n) is 11.4. The van der Waals surface area contributed by atoms with Crippen molar-refractivity contribution in [3.05, 3.63) is 64.3 Å². The average Bonchev–Trinajstić information content (AvgIpc) is 2.71. The summed E-state index contributed by atoms with van der Waals surface area (Å²) in [5, 5.41) is 1.28. The molecule has 0 fully saturated rings. The lowest BCUT2D eigenvalue weighted by atomic mass is 10.1. The summed E-state index contributed by atoms with van der Waals surface area (Å²) < 4.78 is 3.57. The van der Waals surface area contributed by atoms with Crippen molar-refractivity contribution in [2.75, 3.05) is 5.73 Å². The van der Waals surface area contributed by atoms with Crippen molar-refractivity contribution in [3.63, 3.8) is 0 Å². The SMILES string of the molecule is Cc1c(Br)c2ccccc2n1CCc1ccc(N)cc1. The number of halogens is 1. The fourth-order valence-corrected chi connectivity index (χ4v) is 3.15. The average molecular weight is 329 g/mol. The molecule has 3 heteroatoms. The molecule has 2 N–H and O–H groups in total. The van der Waals surface area contributed by atoms with E-state index in [1.54, 1.807) is 0 Å². The number of nitrogens with zero attached hydrogens (tertiary/aromatic N) is 1. The Bertz CT molecular complexity index is 742. The molecular formula is C17H17BrN2. The van der Waals surface area contributed by atoms with Crippen LogP contribution in [0.1, 0.15) is 11.3 Å². The number of nitrogens with two attached hydrogens (primary N) is 1. The molecule has 2 aromatic carbocycles. The highest BCUT2D eigenvalue weighted by Gasteiger charge is 2.10. The Morgan fingerprint density at radius 1 is 1.05 bits per heavy atom. The summed E-state index contributed by atoms with van der Waals surface area (Å²) in [6.07, 6.45) is 1.01. The van der Waals surface area contributed by atoms with Crippen LogP contribution < -0.4 is 5.73 Å². The van der Waals surface area contributed by atoms with Crippen molar-refractivity contribution in [2.45, 2.75) is 19.9 Å². The quantitative estimate of drug-likeness (QED) is 0.703. The van der Waals surface area contributed by atoms with Crippen LogP contribution in [0.2, 0.25) is 0 Å². The molecule has 0 unspecified atom stereocenters. The molecule has 0 amide bonds. The first-order chi connectivity index (χ1) is 9.66. The highest BCUT2D eigenvalue weighted by molar-refractivity contribution is 9.10. The standard InChI is InChI=1S/C17H17BrN2/c1-12-17(18)15-4-2-3-5-16(15)20(12)11-10-13-6-8-14(19)9-7-13/h2-9H,10-11,19H2,1H3. The van der Waals surface area contributed by atoms with Gasteiger partial charge >= 0.3 is 0 Å². The number of aromatic nitrogens is 1. The largest absolute Gasteiger partial charge is 0.399 e. The molecule has 3 rings (SSSR count). The summed E-state index contributed by atoms with van der Waals surface area (Å²) in [5.41, 5.74) is 10.4. The predicted molar refractivity (Wildman–Crippen MR) is 88.9 cm³/mol. The molecule has 1 aromatic heterocycles. The molecule has 102 valence electrons. The van der Waals surface area contributed by atoms with E-state index in [0.717, 1.165) is 18.7 Å². The molecule has 0 saturated carbocycles. The van der Waals surface area contributed by atoms with Gasteiger partial charge in [0.1, 0.15) is 0 Å². The minimum atomic E-state index is 0.819. The highest BCUT2D eigenvalue weighted by Crippen LogP contribution is 2.30. The maximum atomic E-state index is 5.72. The Morgan fingerprint density at radius 2 is 1.75 bits per heavy atom. The number of aryl methyl sites for hydroxylation is 2. The second kappa shape index (κ2) is 5.33. The zero-order chi connectivity index (χ0) is 14.1. The molecule has 0 radical (unpaired) electrons. The maximum absolute atomic E-state index is 5.72. The van der Waals surface area contributed by atoms with Crippen LogP contribution in [-0.2, 0) is 13.0 Å². The van der Waals surface area contributed by atoms with Gasteiger partial charge in [-0.2, -0.15) is 0 Å². The number of fused-ring (bicyclic) bond motifs is 1. The van der Waals surface area contributed by atoms with E-state index in [0.29, 0.717) is 0 Å². The molecule has 0 bridgehead atoms. The molecule has 0 atom stereocenters. The van der Waals surface area contributed by atoms with E-state index in [4.69, 9.17) is 5.73 Å². The van der Waals surface area contributed by atoms with E-state index in [-0.39, 0.29) is 0 Å². The minimum absolute atomic E-state index is 0.819. The fourth-order valence-electron chi connectivity index (χ4n) is 2.60. The third-order valence-corrected chi connectivity index (χ3v) is 4.76. The molecule has 0 spiro atoms. The van der Waals surface area contributed by atoms with Gasteiger partial charge in [0.2, 0.25) is 0 Å². The van der Waals surface area contributed by atoms with E-state index < -0.39 is 0 Å². The number of benzene rings is 2. The number of rotatable bonds is 3. The molecule has 3 aromatic rings. The Kier molecular flexibility index (Phi) is 3.53.